The van der Waals surface area contributed by atoms with E-state index in [-0.39, 0.29) is 5.97 Å². The molecule has 1 aromatic carbocycles. The van der Waals surface area contributed by atoms with E-state index in [1.807, 2.05) is 31.2 Å². The van der Waals surface area contributed by atoms with Gasteiger partial charge in [0, 0.05) is 12.1 Å². The van der Waals surface area contributed by atoms with Crippen LogP contribution in [-0.4, -0.2) is 18.7 Å². The van der Waals surface area contributed by atoms with Crippen molar-refractivity contribution in [2.75, 3.05) is 6.61 Å². The first kappa shape index (κ1) is 13.5. The fourth-order valence-corrected chi connectivity index (χ4v) is 1.47. The van der Waals surface area contributed by atoms with E-state index in [1.165, 1.54) is 0 Å². The van der Waals surface area contributed by atoms with Crippen LogP contribution in [0.25, 0.3) is 0 Å². The summed E-state index contributed by atoms with van der Waals surface area (Å²) >= 11 is 0. The molecule has 0 aliphatic rings. The molecule has 94 valence electrons. The Kier molecular flexibility index (Phi) is 5.49. The summed E-state index contributed by atoms with van der Waals surface area (Å²) in [5.41, 5.74) is 6.49. The molecule has 2 N–H and O–H groups in total. The Bertz CT molecular complexity index is 365. The van der Waals surface area contributed by atoms with Crippen molar-refractivity contribution in [2.24, 2.45) is 5.73 Å². The smallest absolute Gasteiger partial charge is 0.347 e. The molecule has 1 rings (SSSR count). The number of ether oxygens (including phenoxy) is 2. The van der Waals surface area contributed by atoms with Crippen LogP contribution >= 0.6 is 0 Å². The molecular weight excluding hydrogens is 218 g/mol. The first-order chi connectivity index (χ1) is 8.22. The lowest BCUT2D eigenvalue weighted by atomic mass is 10.2. The number of hydrogen-bond acceptors (Lipinski definition) is 4. The Balaban J connectivity index is 2.76. The van der Waals surface area contributed by atoms with Gasteiger partial charge < -0.3 is 15.2 Å². The van der Waals surface area contributed by atoms with Gasteiger partial charge in [0.05, 0.1) is 6.61 Å². The number of hydrogen-bond donors (Lipinski definition) is 1. The highest BCUT2D eigenvalue weighted by molar-refractivity contribution is 5.75. The third-order valence-electron chi connectivity index (χ3n) is 2.38. The summed E-state index contributed by atoms with van der Waals surface area (Å²) in [7, 11) is 0. The minimum Gasteiger partial charge on any atom is -0.478 e. The Morgan fingerprint density at radius 3 is 2.65 bits per heavy atom. The quantitative estimate of drug-likeness (QED) is 0.767. The Morgan fingerprint density at radius 1 is 1.35 bits per heavy atom. The maximum absolute atomic E-state index is 11.6. The van der Waals surface area contributed by atoms with E-state index in [1.54, 1.807) is 6.92 Å². The lowest BCUT2D eigenvalue weighted by molar-refractivity contribution is -0.151. The molecule has 0 spiro atoms. The molecule has 1 atom stereocenters. The molecule has 4 nitrogen and oxygen atoms in total. The average Bonchev–Trinajstić information content (AvgIpc) is 2.36. The number of benzene rings is 1. The van der Waals surface area contributed by atoms with Gasteiger partial charge in [-0.1, -0.05) is 25.1 Å². The number of carbonyl (C=O) groups excluding carboxylic acids is 1. The predicted octanol–water partition coefficient (Wildman–Crippen LogP) is 1.87. The molecule has 0 amide bonds. The van der Waals surface area contributed by atoms with E-state index in [0.717, 1.165) is 5.56 Å². The van der Waals surface area contributed by atoms with Crippen molar-refractivity contribution in [1.29, 1.82) is 0 Å². The molecule has 0 aromatic heterocycles. The van der Waals surface area contributed by atoms with Crippen molar-refractivity contribution >= 4 is 5.97 Å². The van der Waals surface area contributed by atoms with Gasteiger partial charge >= 0.3 is 5.97 Å². The lowest BCUT2D eigenvalue weighted by Gasteiger charge is -2.17. The van der Waals surface area contributed by atoms with Gasteiger partial charge in [-0.05, 0) is 19.4 Å². The first-order valence-corrected chi connectivity index (χ1v) is 5.84. The van der Waals surface area contributed by atoms with Crippen LogP contribution in [0.4, 0.5) is 0 Å². The van der Waals surface area contributed by atoms with Crippen LogP contribution < -0.4 is 10.5 Å². The SMILES string of the molecule is CCOC(=O)C(CC)Oc1ccccc1CN. The molecule has 0 aliphatic heterocycles. The van der Waals surface area contributed by atoms with Gasteiger partial charge in [-0.15, -0.1) is 0 Å². The molecule has 4 heteroatoms. The molecule has 0 saturated carbocycles. The average molecular weight is 237 g/mol. The fraction of sp³-hybridized carbons (Fsp3) is 0.462. The number of esters is 1. The third-order valence-corrected chi connectivity index (χ3v) is 2.38. The second-order valence-corrected chi connectivity index (χ2v) is 3.58. The Morgan fingerprint density at radius 2 is 2.06 bits per heavy atom. The summed E-state index contributed by atoms with van der Waals surface area (Å²) in [6.07, 6.45) is 0.000211. The van der Waals surface area contributed by atoms with E-state index in [0.29, 0.717) is 25.3 Å². The van der Waals surface area contributed by atoms with Crippen LogP contribution in [0.3, 0.4) is 0 Å². The van der Waals surface area contributed by atoms with Crippen molar-refractivity contribution in [3.05, 3.63) is 29.8 Å². The molecule has 17 heavy (non-hydrogen) atoms. The fourth-order valence-electron chi connectivity index (χ4n) is 1.47. The molecule has 0 saturated heterocycles. The lowest BCUT2D eigenvalue weighted by Crippen LogP contribution is -2.29. The normalized spacial score (nSPS) is 11.9. The maximum atomic E-state index is 11.6. The molecule has 1 aromatic rings. The highest BCUT2D eigenvalue weighted by atomic mass is 16.6. The van der Waals surface area contributed by atoms with E-state index < -0.39 is 6.10 Å². The van der Waals surface area contributed by atoms with Crippen molar-refractivity contribution < 1.29 is 14.3 Å². The van der Waals surface area contributed by atoms with Crippen LogP contribution in [0, 0.1) is 0 Å². The highest BCUT2D eigenvalue weighted by Crippen LogP contribution is 2.19. The number of nitrogens with two attached hydrogens (primary N) is 1. The van der Waals surface area contributed by atoms with Gasteiger partial charge in [0.2, 0.25) is 0 Å². The van der Waals surface area contributed by atoms with Gasteiger partial charge in [-0.2, -0.15) is 0 Å². The molecule has 0 heterocycles. The van der Waals surface area contributed by atoms with Gasteiger partial charge in [-0.25, -0.2) is 4.79 Å². The predicted molar refractivity (Wildman–Crippen MR) is 65.7 cm³/mol. The van der Waals surface area contributed by atoms with Gasteiger partial charge in [0.25, 0.3) is 0 Å². The summed E-state index contributed by atoms with van der Waals surface area (Å²) in [4.78, 5) is 11.6. The number of rotatable bonds is 6. The zero-order valence-corrected chi connectivity index (χ0v) is 10.3. The Labute approximate surface area is 102 Å². The summed E-state index contributed by atoms with van der Waals surface area (Å²) in [6, 6.07) is 7.43. The minimum atomic E-state index is -0.567. The molecule has 0 aliphatic carbocycles. The van der Waals surface area contributed by atoms with E-state index >= 15 is 0 Å². The maximum Gasteiger partial charge on any atom is 0.347 e. The Hall–Kier alpha value is -1.55. The van der Waals surface area contributed by atoms with Crippen LogP contribution in [0.1, 0.15) is 25.8 Å². The first-order valence-electron chi connectivity index (χ1n) is 5.84. The second-order valence-electron chi connectivity index (χ2n) is 3.58. The van der Waals surface area contributed by atoms with Crippen molar-refractivity contribution in [3.63, 3.8) is 0 Å². The van der Waals surface area contributed by atoms with Crippen LogP contribution in [0.5, 0.6) is 5.75 Å². The number of para-hydroxylation sites is 1. The van der Waals surface area contributed by atoms with Crippen LogP contribution in [0.2, 0.25) is 0 Å². The summed E-state index contributed by atoms with van der Waals surface area (Å²) in [6.45, 7) is 4.40. The zero-order chi connectivity index (χ0) is 12.7. The molecule has 0 radical (unpaired) electrons. The third kappa shape index (κ3) is 3.75. The van der Waals surface area contributed by atoms with Crippen LogP contribution in [0.15, 0.2) is 24.3 Å². The topological polar surface area (TPSA) is 61.5 Å². The molecule has 0 fully saturated rings. The van der Waals surface area contributed by atoms with Gasteiger partial charge in [0.1, 0.15) is 5.75 Å². The highest BCUT2D eigenvalue weighted by Gasteiger charge is 2.20. The van der Waals surface area contributed by atoms with Crippen molar-refractivity contribution in [1.82, 2.24) is 0 Å². The molecular formula is C13H19NO3. The van der Waals surface area contributed by atoms with Gasteiger partial charge in [0.15, 0.2) is 6.10 Å². The molecule has 0 bridgehead atoms. The summed E-state index contributed by atoms with van der Waals surface area (Å²) in [5.74, 6) is 0.316. The standard InChI is InChI=1S/C13H19NO3/c1-3-11(13(15)16-4-2)17-12-8-6-5-7-10(12)9-14/h5-8,11H,3-4,9,14H2,1-2H3. The van der Waals surface area contributed by atoms with Gasteiger partial charge in [-0.3, -0.25) is 0 Å². The monoisotopic (exact) mass is 237 g/mol. The van der Waals surface area contributed by atoms with E-state index in [4.69, 9.17) is 15.2 Å². The van der Waals surface area contributed by atoms with E-state index in [9.17, 15) is 4.79 Å². The van der Waals surface area contributed by atoms with Crippen molar-refractivity contribution in [2.45, 2.75) is 32.9 Å². The summed E-state index contributed by atoms with van der Waals surface area (Å²) in [5, 5.41) is 0. The van der Waals surface area contributed by atoms with Crippen LogP contribution in [-0.2, 0) is 16.1 Å². The van der Waals surface area contributed by atoms with Crippen molar-refractivity contribution in [3.8, 4) is 5.75 Å². The largest absolute Gasteiger partial charge is 0.478 e. The molecule has 1 unspecified atom stereocenters. The minimum absolute atomic E-state index is 0.332. The van der Waals surface area contributed by atoms with E-state index in [2.05, 4.69) is 0 Å². The summed E-state index contributed by atoms with van der Waals surface area (Å²) < 4.78 is 10.6. The zero-order valence-electron chi connectivity index (χ0n) is 10.3. The second kappa shape index (κ2) is 6.91. The number of carbonyl (C=O) groups is 1.